The van der Waals surface area contributed by atoms with Gasteiger partial charge in [-0.3, -0.25) is 4.79 Å². The van der Waals surface area contributed by atoms with Crippen LogP contribution in [0.2, 0.25) is 0 Å². The van der Waals surface area contributed by atoms with E-state index in [1.165, 1.54) is 25.7 Å². The second kappa shape index (κ2) is 6.78. The van der Waals surface area contributed by atoms with Crippen molar-refractivity contribution in [2.24, 2.45) is 5.92 Å². The third-order valence-electron chi connectivity index (χ3n) is 3.00. The number of rotatable bonds is 6. The van der Waals surface area contributed by atoms with E-state index in [2.05, 4.69) is 13.0 Å². The number of aliphatic hydroxyl groups excluding tert-OH is 1. The summed E-state index contributed by atoms with van der Waals surface area (Å²) in [5.74, 6) is 0.284. The van der Waals surface area contributed by atoms with Crippen LogP contribution in [-0.2, 0) is 4.79 Å². The number of carbonyl (C=O) groups is 1. The Kier molecular flexibility index (Phi) is 5.62. The van der Waals surface area contributed by atoms with Crippen LogP contribution in [0, 0.1) is 5.92 Å². The highest BCUT2D eigenvalue weighted by Gasteiger charge is 2.28. The van der Waals surface area contributed by atoms with Gasteiger partial charge in [-0.05, 0) is 12.8 Å². The number of hydrogen-bond acceptors (Lipinski definition) is 2. The average Bonchev–Trinajstić information content (AvgIpc) is 2.51. The number of ketones is 1. The van der Waals surface area contributed by atoms with E-state index >= 15 is 0 Å². The molecule has 86 valence electrons. The minimum Gasteiger partial charge on any atom is -0.392 e. The molecule has 0 saturated heterocycles. The molecule has 1 aliphatic rings. The van der Waals surface area contributed by atoms with Crippen LogP contribution in [0.3, 0.4) is 0 Å². The minimum absolute atomic E-state index is 0.0867. The molecule has 1 rings (SSSR count). The number of allylic oxidation sites excluding steroid dienone is 1. The molecule has 15 heavy (non-hydrogen) atoms. The third-order valence-corrected chi connectivity index (χ3v) is 3.00. The lowest BCUT2D eigenvalue weighted by Gasteiger charge is -2.06. The molecule has 0 radical (unpaired) electrons. The molecule has 1 saturated carbocycles. The molecule has 0 bridgehead atoms. The fourth-order valence-electron chi connectivity index (χ4n) is 2.02. The average molecular weight is 210 g/mol. The second-order valence-electron chi connectivity index (χ2n) is 4.46. The molecule has 1 aliphatic carbocycles. The SMILES string of the molecule is CCCCCC/C=C/[C@@H]1CC(=O)C[C@H]1O. The van der Waals surface area contributed by atoms with Crippen molar-refractivity contribution in [1.29, 1.82) is 0 Å². The summed E-state index contributed by atoms with van der Waals surface area (Å²) in [6.45, 7) is 2.20. The summed E-state index contributed by atoms with van der Waals surface area (Å²) in [5, 5.41) is 9.53. The highest BCUT2D eigenvalue weighted by Crippen LogP contribution is 2.24. The van der Waals surface area contributed by atoms with Crippen LogP contribution in [0.15, 0.2) is 12.2 Å². The number of hydrogen-bond donors (Lipinski definition) is 1. The topological polar surface area (TPSA) is 37.3 Å². The molecule has 2 heteroatoms. The van der Waals surface area contributed by atoms with E-state index in [0.717, 1.165) is 6.42 Å². The first kappa shape index (κ1) is 12.4. The van der Waals surface area contributed by atoms with E-state index in [9.17, 15) is 9.90 Å². The molecule has 2 atom stereocenters. The smallest absolute Gasteiger partial charge is 0.136 e. The standard InChI is InChI=1S/C13H22O2/c1-2-3-4-5-6-7-8-11-9-12(14)10-13(11)15/h7-8,11,13,15H,2-6,9-10H2,1H3/b8-7+/t11-,13-/m1/s1. The van der Waals surface area contributed by atoms with Crippen molar-refractivity contribution in [1.82, 2.24) is 0 Å². The molecule has 0 unspecified atom stereocenters. The fourth-order valence-corrected chi connectivity index (χ4v) is 2.02. The molecule has 0 heterocycles. The van der Waals surface area contributed by atoms with Crippen molar-refractivity contribution < 1.29 is 9.90 Å². The largest absolute Gasteiger partial charge is 0.392 e. The maximum absolute atomic E-state index is 11.0. The predicted molar refractivity (Wildman–Crippen MR) is 61.6 cm³/mol. The van der Waals surface area contributed by atoms with E-state index in [-0.39, 0.29) is 11.7 Å². The molecule has 0 aromatic carbocycles. The molecule has 0 aliphatic heterocycles. The lowest BCUT2D eigenvalue weighted by atomic mass is 10.0. The van der Waals surface area contributed by atoms with Crippen LogP contribution in [-0.4, -0.2) is 17.0 Å². The molecule has 0 amide bonds. The Morgan fingerprint density at radius 1 is 1.33 bits per heavy atom. The van der Waals surface area contributed by atoms with Gasteiger partial charge >= 0.3 is 0 Å². The molecular weight excluding hydrogens is 188 g/mol. The molecular formula is C13H22O2. The van der Waals surface area contributed by atoms with Gasteiger partial charge in [-0.2, -0.15) is 0 Å². The van der Waals surface area contributed by atoms with E-state index in [1.54, 1.807) is 0 Å². The van der Waals surface area contributed by atoms with Gasteiger partial charge in [0, 0.05) is 18.8 Å². The first-order valence-corrected chi connectivity index (χ1v) is 6.10. The highest BCUT2D eigenvalue weighted by atomic mass is 16.3. The van der Waals surface area contributed by atoms with Gasteiger partial charge in [0.1, 0.15) is 5.78 Å². The van der Waals surface area contributed by atoms with Crippen molar-refractivity contribution in [2.75, 3.05) is 0 Å². The molecule has 0 aromatic rings. The zero-order valence-corrected chi connectivity index (χ0v) is 9.61. The van der Waals surface area contributed by atoms with Crippen LogP contribution in [0.5, 0.6) is 0 Å². The Bertz CT molecular complexity index is 221. The summed E-state index contributed by atoms with van der Waals surface area (Å²) >= 11 is 0. The highest BCUT2D eigenvalue weighted by molar-refractivity contribution is 5.81. The zero-order valence-electron chi connectivity index (χ0n) is 9.61. The van der Waals surface area contributed by atoms with Gasteiger partial charge in [0.05, 0.1) is 6.10 Å². The summed E-state index contributed by atoms with van der Waals surface area (Å²) in [6.07, 6.45) is 10.8. The molecule has 0 spiro atoms. The van der Waals surface area contributed by atoms with Gasteiger partial charge in [-0.1, -0.05) is 38.3 Å². The van der Waals surface area contributed by atoms with E-state index in [1.807, 2.05) is 6.08 Å². The number of aliphatic hydroxyl groups is 1. The summed E-state index contributed by atoms with van der Waals surface area (Å²) < 4.78 is 0. The van der Waals surface area contributed by atoms with Gasteiger partial charge in [0.2, 0.25) is 0 Å². The summed E-state index contributed by atoms with van der Waals surface area (Å²) in [6, 6.07) is 0. The monoisotopic (exact) mass is 210 g/mol. The fraction of sp³-hybridized carbons (Fsp3) is 0.769. The third kappa shape index (κ3) is 4.61. The van der Waals surface area contributed by atoms with E-state index in [0.29, 0.717) is 12.8 Å². The predicted octanol–water partition coefficient (Wildman–Crippen LogP) is 2.85. The van der Waals surface area contributed by atoms with Gasteiger partial charge in [0.15, 0.2) is 0 Å². The summed E-state index contributed by atoms with van der Waals surface area (Å²) in [5.41, 5.74) is 0. The number of Topliss-reactive ketones (excluding diaryl/α,β-unsaturated/α-hetero) is 1. The van der Waals surface area contributed by atoms with Crippen molar-refractivity contribution in [2.45, 2.75) is 58.0 Å². The Labute approximate surface area is 92.4 Å². The first-order valence-electron chi connectivity index (χ1n) is 6.10. The lowest BCUT2D eigenvalue weighted by Crippen LogP contribution is -2.09. The number of unbranched alkanes of at least 4 members (excludes halogenated alkanes) is 4. The van der Waals surface area contributed by atoms with Crippen LogP contribution in [0.1, 0.15) is 51.9 Å². The molecule has 1 N–H and O–H groups in total. The minimum atomic E-state index is -0.426. The van der Waals surface area contributed by atoms with Gasteiger partial charge in [-0.15, -0.1) is 0 Å². The molecule has 1 fully saturated rings. The Balaban J connectivity index is 2.12. The molecule has 2 nitrogen and oxygen atoms in total. The maximum Gasteiger partial charge on any atom is 0.136 e. The normalized spacial score (nSPS) is 26.7. The van der Waals surface area contributed by atoms with Gasteiger partial charge in [0.25, 0.3) is 0 Å². The summed E-state index contributed by atoms with van der Waals surface area (Å²) in [4.78, 5) is 11.0. The Hall–Kier alpha value is -0.630. The number of carbonyl (C=O) groups excluding carboxylic acids is 1. The Morgan fingerprint density at radius 2 is 2.13 bits per heavy atom. The lowest BCUT2D eigenvalue weighted by molar-refractivity contribution is -0.117. The van der Waals surface area contributed by atoms with Gasteiger partial charge < -0.3 is 5.11 Å². The van der Waals surface area contributed by atoms with Crippen LogP contribution in [0.25, 0.3) is 0 Å². The van der Waals surface area contributed by atoms with E-state index < -0.39 is 6.10 Å². The van der Waals surface area contributed by atoms with Crippen molar-refractivity contribution >= 4 is 5.78 Å². The van der Waals surface area contributed by atoms with Crippen LogP contribution in [0.4, 0.5) is 0 Å². The molecule has 0 aromatic heterocycles. The second-order valence-corrected chi connectivity index (χ2v) is 4.46. The van der Waals surface area contributed by atoms with Gasteiger partial charge in [-0.25, -0.2) is 0 Å². The van der Waals surface area contributed by atoms with Crippen LogP contribution >= 0.6 is 0 Å². The first-order chi connectivity index (χ1) is 7.24. The maximum atomic E-state index is 11.0. The van der Waals surface area contributed by atoms with Crippen molar-refractivity contribution in [3.8, 4) is 0 Å². The zero-order chi connectivity index (χ0) is 11.1. The summed E-state index contributed by atoms with van der Waals surface area (Å²) in [7, 11) is 0. The quantitative estimate of drug-likeness (QED) is 0.540. The Morgan fingerprint density at radius 3 is 2.73 bits per heavy atom. The van der Waals surface area contributed by atoms with E-state index in [4.69, 9.17) is 0 Å². The van der Waals surface area contributed by atoms with Crippen LogP contribution < -0.4 is 0 Å². The van der Waals surface area contributed by atoms with Crippen molar-refractivity contribution in [3.63, 3.8) is 0 Å². The van der Waals surface area contributed by atoms with Crippen molar-refractivity contribution in [3.05, 3.63) is 12.2 Å².